The molecule has 0 bridgehead atoms. The summed E-state index contributed by atoms with van der Waals surface area (Å²) in [5, 5.41) is 0. The summed E-state index contributed by atoms with van der Waals surface area (Å²) in [7, 11) is 3.73. The molecule has 1 aliphatic rings. The zero-order chi connectivity index (χ0) is 20.1. The van der Waals surface area contributed by atoms with Crippen molar-refractivity contribution in [3.05, 3.63) is 72.4 Å². The Balaban J connectivity index is 1.39. The lowest BCUT2D eigenvalue weighted by atomic mass is 10.2. The van der Waals surface area contributed by atoms with E-state index in [9.17, 15) is 0 Å². The summed E-state index contributed by atoms with van der Waals surface area (Å²) in [6, 6.07) is 20.7. The molecule has 0 aliphatic carbocycles. The van der Waals surface area contributed by atoms with Gasteiger partial charge in [0.05, 0.1) is 7.11 Å². The fraction of sp³-hybridized carbons (Fsp3) is 0.304. The predicted molar refractivity (Wildman–Crippen MR) is 118 cm³/mol. The molecule has 0 saturated carbocycles. The quantitative estimate of drug-likeness (QED) is 0.643. The Labute approximate surface area is 172 Å². The van der Waals surface area contributed by atoms with E-state index in [1.807, 2.05) is 37.5 Å². The Morgan fingerprint density at radius 2 is 1.59 bits per heavy atom. The minimum atomic E-state index is 0.754. The molecule has 29 heavy (non-hydrogen) atoms. The lowest BCUT2D eigenvalue weighted by molar-refractivity contribution is 0.415. The number of hydrogen-bond donors (Lipinski definition) is 0. The molecule has 0 spiro atoms. The number of anilines is 3. The molecular formula is C23H27N5O. The van der Waals surface area contributed by atoms with Crippen molar-refractivity contribution in [2.45, 2.75) is 6.54 Å². The van der Waals surface area contributed by atoms with Gasteiger partial charge in [-0.05, 0) is 35.9 Å². The number of ether oxygens (including phenoxy) is 1. The molecule has 1 fully saturated rings. The lowest BCUT2D eigenvalue weighted by Gasteiger charge is -2.37. The monoisotopic (exact) mass is 389 g/mol. The second-order valence-electron chi connectivity index (χ2n) is 7.23. The van der Waals surface area contributed by atoms with Crippen LogP contribution in [-0.2, 0) is 6.54 Å². The van der Waals surface area contributed by atoms with Crippen LogP contribution in [-0.4, -0.2) is 50.3 Å². The van der Waals surface area contributed by atoms with Gasteiger partial charge in [0.15, 0.2) is 0 Å². The van der Waals surface area contributed by atoms with E-state index >= 15 is 0 Å². The van der Waals surface area contributed by atoms with E-state index in [4.69, 9.17) is 9.72 Å². The molecule has 1 aromatic heterocycles. The van der Waals surface area contributed by atoms with Crippen LogP contribution in [0, 0.1) is 0 Å². The first-order valence-electron chi connectivity index (χ1n) is 9.95. The predicted octanol–water partition coefficient (Wildman–Crippen LogP) is 3.45. The van der Waals surface area contributed by atoms with E-state index in [1.54, 1.807) is 7.11 Å². The van der Waals surface area contributed by atoms with Crippen LogP contribution in [0.4, 0.5) is 17.5 Å². The van der Waals surface area contributed by atoms with E-state index in [-0.39, 0.29) is 0 Å². The normalized spacial score (nSPS) is 14.0. The minimum absolute atomic E-state index is 0.754. The molecular weight excluding hydrogens is 362 g/mol. The van der Waals surface area contributed by atoms with E-state index in [0.29, 0.717) is 0 Å². The Morgan fingerprint density at radius 1 is 0.897 bits per heavy atom. The summed E-state index contributed by atoms with van der Waals surface area (Å²) in [6.45, 7) is 4.59. The van der Waals surface area contributed by atoms with Crippen LogP contribution in [0.1, 0.15) is 5.56 Å². The number of aromatic nitrogens is 2. The summed E-state index contributed by atoms with van der Waals surface area (Å²) in [5.41, 5.74) is 2.48. The third-order valence-electron chi connectivity index (χ3n) is 5.27. The molecule has 150 valence electrons. The molecule has 0 N–H and O–H groups in total. The van der Waals surface area contributed by atoms with Crippen LogP contribution in [0.15, 0.2) is 66.9 Å². The highest BCUT2D eigenvalue weighted by Crippen LogP contribution is 2.23. The van der Waals surface area contributed by atoms with Crippen molar-refractivity contribution in [2.24, 2.45) is 0 Å². The first kappa shape index (κ1) is 19.1. The van der Waals surface area contributed by atoms with Gasteiger partial charge < -0.3 is 19.4 Å². The zero-order valence-corrected chi connectivity index (χ0v) is 17.0. The summed E-state index contributed by atoms with van der Waals surface area (Å²) < 4.78 is 5.25. The van der Waals surface area contributed by atoms with Gasteiger partial charge >= 0.3 is 0 Å². The first-order chi connectivity index (χ1) is 14.2. The van der Waals surface area contributed by atoms with Crippen molar-refractivity contribution in [3.8, 4) is 5.75 Å². The molecule has 6 heteroatoms. The topological polar surface area (TPSA) is 44.7 Å². The van der Waals surface area contributed by atoms with Gasteiger partial charge in [0.25, 0.3) is 0 Å². The number of rotatable bonds is 6. The van der Waals surface area contributed by atoms with Gasteiger partial charge in [-0.1, -0.05) is 30.3 Å². The van der Waals surface area contributed by atoms with Gasteiger partial charge in [-0.15, -0.1) is 0 Å². The van der Waals surface area contributed by atoms with Crippen molar-refractivity contribution in [1.82, 2.24) is 9.97 Å². The van der Waals surface area contributed by atoms with Gasteiger partial charge in [0.1, 0.15) is 11.6 Å². The fourth-order valence-corrected chi connectivity index (χ4v) is 3.61. The maximum Gasteiger partial charge on any atom is 0.227 e. The molecule has 4 rings (SSSR count). The first-order valence-corrected chi connectivity index (χ1v) is 9.95. The molecule has 6 nitrogen and oxygen atoms in total. The Kier molecular flexibility index (Phi) is 5.79. The molecule has 0 unspecified atom stereocenters. The van der Waals surface area contributed by atoms with E-state index < -0.39 is 0 Å². The average Bonchev–Trinajstić information content (AvgIpc) is 2.80. The van der Waals surface area contributed by atoms with Crippen LogP contribution in [0.5, 0.6) is 5.75 Å². The zero-order valence-electron chi connectivity index (χ0n) is 17.0. The highest BCUT2D eigenvalue weighted by Gasteiger charge is 2.19. The molecule has 2 aromatic carbocycles. The number of nitrogens with zero attached hydrogens (tertiary/aromatic N) is 5. The van der Waals surface area contributed by atoms with Gasteiger partial charge in [-0.3, -0.25) is 0 Å². The maximum absolute atomic E-state index is 5.25. The SMILES string of the molecule is COc1ccc(N2CCN(c3ccnc(N(C)Cc4ccccc4)n3)CC2)cc1. The molecule has 0 amide bonds. The largest absolute Gasteiger partial charge is 0.497 e. The number of piperazine rings is 1. The molecule has 2 heterocycles. The average molecular weight is 390 g/mol. The molecule has 1 saturated heterocycles. The second kappa shape index (κ2) is 8.82. The Bertz CT molecular complexity index is 908. The van der Waals surface area contributed by atoms with Crippen LogP contribution in [0.25, 0.3) is 0 Å². The van der Waals surface area contributed by atoms with Crippen molar-refractivity contribution in [1.29, 1.82) is 0 Å². The van der Waals surface area contributed by atoms with Crippen molar-refractivity contribution >= 4 is 17.5 Å². The summed E-state index contributed by atoms with van der Waals surface area (Å²) in [6.07, 6.45) is 1.86. The highest BCUT2D eigenvalue weighted by molar-refractivity contribution is 5.52. The fourth-order valence-electron chi connectivity index (χ4n) is 3.61. The smallest absolute Gasteiger partial charge is 0.227 e. The van der Waals surface area contributed by atoms with Crippen molar-refractivity contribution in [2.75, 3.05) is 55.0 Å². The lowest BCUT2D eigenvalue weighted by Crippen LogP contribution is -2.46. The van der Waals surface area contributed by atoms with Crippen molar-refractivity contribution < 1.29 is 4.74 Å². The van der Waals surface area contributed by atoms with E-state index in [1.165, 1.54) is 11.3 Å². The van der Waals surface area contributed by atoms with Gasteiger partial charge in [0, 0.05) is 51.7 Å². The van der Waals surface area contributed by atoms with Crippen LogP contribution >= 0.6 is 0 Å². The summed E-state index contributed by atoms with van der Waals surface area (Å²) in [4.78, 5) is 16.1. The van der Waals surface area contributed by atoms with Crippen LogP contribution < -0.4 is 19.4 Å². The van der Waals surface area contributed by atoms with Gasteiger partial charge in [-0.25, -0.2) is 4.98 Å². The van der Waals surface area contributed by atoms with Crippen molar-refractivity contribution in [3.63, 3.8) is 0 Å². The molecule has 0 radical (unpaired) electrons. The third-order valence-corrected chi connectivity index (χ3v) is 5.27. The maximum atomic E-state index is 5.25. The van der Waals surface area contributed by atoms with Crippen LogP contribution in [0.3, 0.4) is 0 Å². The molecule has 1 aliphatic heterocycles. The third kappa shape index (κ3) is 4.59. The summed E-state index contributed by atoms with van der Waals surface area (Å²) in [5.74, 6) is 2.63. The Hall–Kier alpha value is -3.28. The number of methoxy groups -OCH3 is 1. The van der Waals surface area contributed by atoms with E-state index in [2.05, 4.69) is 56.1 Å². The van der Waals surface area contributed by atoms with Gasteiger partial charge in [-0.2, -0.15) is 4.98 Å². The Morgan fingerprint density at radius 3 is 2.28 bits per heavy atom. The van der Waals surface area contributed by atoms with Gasteiger partial charge in [0.2, 0.25) is 5.95 Å². The van der Waals surface area contributed by atoms with E-state index in [0.717, 1.165) is 50.2 Å². The highest BCUT2D eigenvalue weighted by atomic mass is 16.5. The standard InChI is InChI=1S/C23H27N5O/c1-26(18-19-6-4-3-5-7-19)23-24-13-12-22(25-23)28-16-14-27(15-17-28)20-8-10-21(29-2)11-9-20/h3-13H,14-18H2,1-2H3. The number of hydrogen-bond acceptors (Lipinski definition) is 6. The summed E-state index contributed by atoms with van der Waals surface area (Å²) >= 11 is 0. The minimum Gasteiger partial charge on any atom is -0.497 e. The molecule has 0 atom stereocenters. The van der Waals surface area contributed by atoms with Crippen LogP contribution in [0.2, 0.25) is 0 Å². The molecule has 3 aromatic rings. The number of benzene rings is 2. The second-order valence-corrected chi connectivity index (χ2v) is 7.23.